The van der Waals surface area contributed by atoms with Crippen molar-refractivity contribution < 1.29 is 23.0 Å². The van der Waals surface area contributed by atoms with Crippen molar-refractivity contribution in [2.45, 2.75) is 76.7 Å². The fourth-order valence-electron chi connectivity index (χ4n) is 6.37. The van der Waals surface area contributed by atoms with Crippen molar-refractivity contribution in [3.8, 4) is 11.5 Å². The van der Waals surface area contributed by atoms with E-state index in [-0.39, 0.29) is 36.0 Å². The van der Waals surface area contributed by atoms with Gasteiger partial charge in [-0.1, -0.05) is 12.1 Å². The van der Waals surface area contributed by atoms with Crippen LogP contribution in [0.5, 0.6) is 11.5 Å². The molecular formula is C28H33F2NO3. The standard InChI is InChI=1S/C28H33F2NO3/c1-3-33-25-12-19-11-20(27(32)24(19)13-26(25)34-4-2)14-28(30)15-22-8-9-23(16-28)31(22)17-18-6-5-7-21(29)10-18/h5-7,10,12-13,20,22-23H,3-4,8-9,11,14-17H2,1-2H3. The third-order valence-corrected chi connectivity index (χ3v) is 7.71. The van der Waals surface area contributed by atoms with Crippen molar-refractivity contribution in [3.05, 3.63) is 58.9 Å². The number of ketones is 1. The highest BCUT2D eigenvalue weighted by Gasteiger charge is 2.50. The van der Waals surface area contributed by atoms with Gasteiger partial charge in [0.1, 0.15) is 11.5 Å². The molecule has 34 heavy (non-hydrogen) atoms. The number of hydrogen-bond donors (Lipinski definition) is 0. The summed E-state index contributed by atoms with van der Waals surface area (Å²) < 4.78 is 41.3. The van der Waals surface area contributed by atoms with Crippen molar-refractivity contribution in [2.24, 2.45) is 5.92 Å². The minimum absolute atomic E-state index is 0.0190. The first-order valence-corrected chi connectivity index (χ1v) is 12.5. The third-order valence-electron chi connectivity index (χ3n) is 7.71. The Bertz CT molecular complexity index is 1060. The number of nitrogens with zero attached hydrogens (tertiary/aromatic N) is 1. The summed E-state index contributed by atoms with van der Waals surface area (Å²) in [6.07, 6.45) is 3.60. The number of benzene rings is 2. The molecule has 3 aliphatic rings. The van der Waals surface area contributed by atoms with Crippen LogP contribution in [-0.4, -0.2) is 41.6 Å². The molecule has 2 aromatic carbocycles. The maximum absolute atomic E-state index is 16.2. The van der Waals surface area contributed by atoms with Gasteiger partial charge in [-0.05, 0) is 87.8 Å². The first kappa shape index (κ1) is 23.3. The number of halogens is 2. The summed E-state index contributed by atoms with van der Waals surface area (Å²) in [6.45, 7) is 5.46. The fourth-order valence-corrected chi connectivity index (χ4v) is 6.37. The van der Waals surface area contributed by atoms with Gasteiger partial charge in [0.15, 0.2) is 17.3 Å². The van der Waals surface area contributed by atoms with Gasteiger partial charge < -0.3 is 9.47 Å². The first-order chi connectivity index (χ1) is 16.4. The molecule has 182 valence electrons. The monoisotopic (exact) mass is 469 g/mol. The van der Waals surface area contributed by atoms with Crippen LogP contribution in [0.15, 0.2) is 36.4 Å². The summed E-state index contributed by atoms with van der Waals surface area (Å²) in [7, 11) is 0. The van der Waals surface area contributed by atoms with Gasteiger partial charge in [-0.3, -0.25) is 9.69 Å². The highest BCUT2D eigenvalue weighted by molar-refractivity contribution is 6.03. The summed E-state index contributed by atoms with van der Waals surface area (Å²) in [5.41, 5.74) is 1.15. The van der Waals surface area contributed by atoms with Crippen LogP contribution in [0.4, 0.5) is 8.78 Å². The highest BCUT2D eigenvalue weighted by atomic mass is 19.1. The number of hydrogen-bond acceptors (Lipinski definition) is 4. The lowest BCUT2D eigenvalue weighted by Gasteiger charge is -2.43. The number of ether oxygens (including phenoxy) is 2. The number of carbonyl (C=O) groups is 1. The first-order valence-electron chi connectivity index (χ1n) is 12.5. The smallest absolute Gasteiger partial charge is 0.166 e. The number of rotatable bonds is 8. The largest absolute Gasteiger partial charge is 0.490 e. The molecule has 6 heteroatoms. The molecule has 0 spiro atoms. The molecule has 0 aromatic heterocycles. The normalized spacial score (nSPS) is 28.2. The quantitative estimate of drug-likeness (QED) is 0.482. The van der Waals surface area contributed by atoms with E-state index in [1.807, 2.05) is 26.0 Å². The maximum atomic E-state index is 16.2. The van der Waals surface area contributed by atoms with Crippen LogP contribution in [-0.2, 0) is 13.0 Å². The third kappa shape index (κ3) is 4.45. The lowest BCUT2D eigenvalue weighted by Crippen LogP contribution is -2.49. The maximum Gasteiger partial charge on any atom is 0.166 e. The Hall–Kier alpha value is -2.47. The van der Waals surface area contributed by atoms with Crippen molar-refractivity contribution in [3.63, 3.8) is 0 Å². The van der Waals surface area contributed by atoms with E-state index in [0.717, 1.165) is 24.0 Å². The molecule has 3 unspecified atom stereocenters. The number of Topliss-reactive ketones (excluding diaryl/α,β-unsaturated/α-hetero) is 1. The lowest BCUT2D eigenvalue weighted by atomic mass is 9.79. The molecule has 2 aromatic rings. The number of carbonyl (C=O) groups excluding carboxylic acids is 1. The molecule has 1 aliphatic carbocycles. The molecule has 2 saturated heterocycles. The van der Waals surface area contributed by atoms with Crippen LogP contribution in [0.25, 0.3) is 0 Å². The van der Waals surface area contributed by atoms with Crippen LogP contribution >= 0.6 is 0 Å². The number of fused-ring (bicyclic) bond motifs is 3. The van der Waals surface area contributed by atoms with Crippen molar-refractivity contribution >= 4 is 5.78 Å². The molecule has 2 heterocycles. The van der Waals surface area contributed by atoms with E-state index < -0.39 is 5.67 Å². The Morgan fingerprint density at radius 2 is 1.71 bits per heavy atom. The average molecular weight is 470 g/mol. The molecule has 2 aliphatic heterocycles. The van der Waals surface area contributed by atoms with Gasteiger partial charge in [0.05, 0.1) is 13.2 Å². The Kier molecular flexibility index (Phi) is 6.36. The molecule has 0 radical (unpaired) electrons. The Balaban J connectivity index is 1.29. The van der Waals surface area contributed by atoms with E-state index in [2.05, 4.69) is 4.90 Å². The summed E-state index contributed by atoms with van der Waals surface area (Å²) in [4.78, 5) is 15.6. The van der Waals surface area contributed by atoms with Crippen molar-refractivity contribution in [1.82, 2.24) is 4.90 Å². The second-order valence-electron chi connectivity index (χ2n) is 10.0. The van der Waals surface area contributed by atoms with E-state index in [1.165, 1.54) is 6.07 Å². The zero-order valence-electron chi connectivity index (χ0n) is 20.0. The van der Waals surface area contributed by atoms with Gasteiger partial charge >= 0.3 is 0 Å². The van der Waals surface area contributed by atoms with E-state index in [9.17, 15) is 9.18 Å². The van der Waals surface area contributed by atoms with Gasteiger partial charge in [0, 0.05) is 30.1 Å². The molecule has 5 rings (SSSR count). The minimum Gasteiger partial charge on any atom is -0.490 e. The molecule has 0 saturated carbocycles. The number of alkyl halides is 1. The van der Waals surface area contributed by atoms with E-state index in [0.29, 0.717) is 56.1 Å². The van der Waals surface area contributed by atoms with E-state index in [1.54, 1.807) is 18.2 Å². The molecule has 0 amide bonds. The molecular weight excluding hydrogens is 436 g/mol. The van der Waals surface area contributed by atoms with Gasteiger partial charge in [-0.15, -0.1) is 0 Å². The van der Waals surface area contributed by atoms with E-state index in [4.69, 9.17) is 9.47 Å². The summed E-state index contributed by atoms with van der Waals surface area (Å²) >= 11 is 0. The zero-order chi connectivity index (χ0) is 23.9. The zero-order valence-corrected chi connectivity index (χ0v) is 20.0. The van der Waals surface area contributed by atoms with Crippen molar-refractivity contribution in [2.75, 3.05) is 13.2 Å². The van der Waals surface area contributed by atoms with Crippen LogP contribution in [0, 0.1) is 11.7 Å². The predicted molar refractivity (Wildman–Crippen MR) is 127 cm³/mol. The van der Waals surface area contributed by atoms with Crippen LogP contribution < -0.4 is 9.47 Å². The van der Waals surface area contributed by atoms with Gasteiger partial charge in [0.2, 0.25) is 0 Å². The summed E-state index contributed by atoms with van der Waals surface area (Å²) in [5.74, 6) is 0.665. The van der Waals surface area contributed by atoms with Crippen LogP contribution in [0.1, 0.15) is 67.4 Å². The van der Waals surface area contributed by atoms with Gasteiger partial charge in [-0.2, -0.15) is 0 Å². The molecule has 2 bridgehead atoms. The SMILES string of the molecule is CCOc1cc2c(cc1OCC)C(=O)C(CC1(F)CC3CCC(C1)N3Cc1cccc(F)c1)C2. The van der Waals surface area contributed by atoms with Gasteiger partial charge in [0.25, 0.3) is 0 Å². The average Bonchev–Trinajstić information content (AvgIpc) is 3.21. The Labute approximate surface area is 200 Å². The van der Waals surface area contributed by atoms with Gasteiger partial charge in [-0.25, -0.2) is 8.78 Å². The second kappa shape index (κ2) is 9.29. The highest BCUT2D eigenvalue weighted by Crippen LogP contribution is 2.48. The molecule has 2 fully saturated rings. The van der Waals surface area contributed by atoms with E-state index >= 15 is 4.39 Å². The number of piperidine rings is 1. The minimum atomic E-state index is -1.35. The Morgan fingerprint density at radius 1 is 1.03 bits per heavy atom. The predicted octanol–water partition coefficient (Wildman–Crippen LogP) is 5.90. The topological polar surface area (TPSA) is 38.8 Å². The molecule has 3 atom stereocenters. The summed E-state index contributed by atoms with van der Waals surface area (Å²) in [6, 6.07) is 10.6. The fraction of sp³-hybridized carbons (Fsp3) is 0.536. The van der Waals surface area contributed by atoms with Crippen molar-refractivity contribution in [1.29, 1.82) is 0 Å². The molecule has 0 N–H and O–H groups in total. The Morgan fingerprint density at radius 3 is 2.35 bits per heavy atom. The van der Waals surface area contributed by atoms with Crippen LogP contribution in [0.3, 0.4) is 0 Å². The lowest BCUT2D eigenvalue weighted by molar-refractivity contribution is -0.00656. The summed E-state index contributed by atoms with van der Waals surface area (Å²) in [5, 5.41) is 0. The second-order valence-corrected chi connectivity index (χ2v) is 10.0. The van der Waals surface area contributed by atoms with Crippen LogP contribution in [0.2, 0.25) is 0 Å². The molecule has 4 nitrogen and oxygen atoms in total.